The summed E-state index contributed by atoms with van der Waals surface area (Å²) in [5.41, 5.74) is 0. The van der Waals surface area contributed by atoms with Crippen molar-refractivity contribution in [2.24, 2.45) is 0 Å². The lowest BCUT2D eigenvalue weighted by Gasteiger charge is -2.19. The summed E-state index contributed by atoms with van der Waals surface area (Å²) in [4.78, 5) is 33.9. The van der Waals surface area contributed by atoms with E-state index in [1.807, 2.05) is 6.26 Å². The Morgan fingerprint density at radius 2 is 2.05 bits per heavy atom. The second-order valence-corrected chi connectivity index (χ2v) is 5.04. The first kappa shape index (κ1) is 18.6. The number of carboxylic acids is 1. The average Bonchev–Trinajstić information content (AvgIpc) is 2.43. The molecule has 0 radical (unpaired) electrons. The molecule has 0 aliphatic heterocycles. The van der Waals surface area contributed by atoms with Crippen LogP contribution < -0.4 is 5.32 Å². The normalized spacial score (nSPS) is 13.3. The maximum absolute atomic E-state index is 11.9. The van der Waals surface area contributed by atoms with Gasteiger partial charge in [0, 0.05) is 13.5 Å². The summed E-state index contributed by atoms with van der Waals surface area (Å²) < 4.78 is 5.02. The largest absolute Gasteiger partial charge is 0.480 e. The lowest BCUT2D eigenvalue weighted by molar-refractivity contribution is -0.144. The van der Waals surface area contributed by atoms with Crippen molar-refractivity contribution in [1.29, 1.82) is 5.41 Å². The number of ether oxygens (including phenoxy) is 1. The third-order valence-corrected chi connectivity index (χ3v) is 3.26. The molecule has 0 aromatic heterocycles. The molecular weight excluding hydrogens is 284 g/mol. The Labute approximate surface area is 122 Å². The number of aliphatic carboxylic acids is 1. The van der Waals surface area contributed by atoms with Gasteiger partial charge in [-0.25, -0.2) is 4.79 Å². The molecule has 0 bridgehead atoms. The highest BCUT2D eigenvalue weighted by Gasteiger charge is 2.25. The summed E-state index contributed by atoms with van der Waals surface area (Å²) in [6, 6.07) is -1.15. The number of ketones is 1. The number of carbonyl (C=O) groups excluding carboxylic acids is 2. The van der Waals surface area contributed by atoms with Gasteiger partial charge >= 0.3 is 5.97 Å². The first-order valence-electron chi connectivity index (χ1n) is 6.04. The van der Waals surface area contributed by atoms with Crippen LogP contribution in [0.3, 0.4) is 0 Å². The Morgan fingerprint density at radius 3 is 2.50 bits per heavy atom. The number of carbonyl (C=O) groups is 3. The van der Waals surface area contributed by atoms with E-state index in [0.717, 1.165) is 5.75 Å². The van der Waals surface area contributed by atoms with Crippen LogP contribution in [0, 0.1) is 5.41 Å². The molecule has 0 fully saturated rings. The van der Waals surface area contributed by atoms with Crippen molar-refractivity contribution in [2.45, 2.75) is 31.4 Å². The van der Waals surface area contributed by atoms with Gasteiger partial charge in [0.05, 0.1) is 6.21 Å². The summed E-state index contributed by atoms with van der Waals surface area (Å²) in [6.45, 7) is 0. The number of carboxylic acid groups (broad SMARTS) is 1. The summed E-state index contributed by atoms with van der Waals surface area (Å²) in [5, 5.41) is 18.1. The van der Waals surface area contributed by atoms with Crippen LogP contribution in [0.15, 0.2) is 0 Å². The van der Waals surface area contributed by atoms with Crippen LogP contribution in [0.5, 0.6) is 0 Å². The second-order valence-electron chi connectivity index (χ2n) is 4.05. The number of rotatable bonds is 11. The third-order valence-electron chi connectivity index (χ3n) is 2.62. The average molecular weight is 304 g/mol. The van der Waals surface area contributed by atoms with Gasteiger partial charge in [0.1, 0.15) is 12.1 Å². The van der Waals surface area contributed by atoms with E-state index in [9.17, 15) is 14.4 Å². The zero-order chi connectivity index (χ0) is 15.5. The van der Waals surface area contributed by atoms with Crippen LogP contribution in [-0.2, 0) is 19.1 Å². The van der Waals surface area contributed by atoms with Gasteiger partial charge in [-0.15, -0.1) is 0 Å². The molecule has 0 spiro atoms. The van der Waals surface area contributed by atoms with Crippen molar-refractivity contribution in [3.63, 3.8) is 0 Å². The third kappa shape index (κ3) is 7.25. The Hall–Kier alpha value is -1.41. The lowest BCUT2D eigenvalue weighted by atomic mass is 10.1. The van der Waals surface area contributed by atoms with Crippen LogP contribution in [-0.4, -0.2) is 60.2 Å². The molecule has 114 valence electrons. The zero-order valence-corrected chi connectivity index (χ0v) is 12.4. The molecule has 0 rings (SSSR count). The Bertz CT molecular complexity index is 362. The number of hydrogen-bond donors (Lipinski definition) is 3. The SMILES string of the molecule is CO[C@@H](CCSC)C(=O)N[C@@H](CCC(=O)C=N)C(=O)O. The van der Waals surface area contributed by atoms with E-state index in [-0.39, 0.29) is 12.8 Å². The van der Waals surface area contributed by atoms with Crippen molar-refractivity contribution >= 4 is 35.6 Å². The van der Waals surface area contributed by atoms with Gasteiger partial charge in [-0.1, -0.05) is 0 Å². The summed E-state index contributed by atoms with van der Waals surface area (Å²) in [7, 11) is 1.39. The van der Waals surface area contributed by atoms with E-state index in [2.05, 4.69) is 5.32 Å². The molecule has 20 heavy (non-hydrogen) atoms. The predicted octanol–water partition coefficient (Wildman–Crippen LogP) is 0.323. The molecule has 2 atom stereocenters. The molecule has 0 unspecified atom stereocenters. The molecule has 8 heteroatoms. The smallest absolute Gasteiger partial charge is 0.326 e. The Balaban J connectivity index is 4.48. The zero-order valence-electron chi connectivity index (χ0n) is 11.5. The lowest BCUT2D eigenvalue weighted by Crippen LogP contribution is -2.46. The van der Waals surface area contributed by atoms with Gasteiger partial charge in [-0.2, -0.15) is 11.8 Å². The van der Waals surface area contributed by atoms with Gasteiger partial charge < -0.3 is 20.6 Å². The molecule has 7 nitrogen and oxygen atoms in total. The first-order valence-corrected chi connectivity index (χ1v) is 7.43. The van der Waals surface area contributed by atoms with Crippen molar-refractivity contribution in [3.05, 3.63) is 0 Å². The number of Topliss-reactive ketones (excluding diaryl/α,β-unsaturated/α-hetero) is 1. The van der Waals surface area contributed by atoms with E-state index in [0.29, 0.717) is 12.6 Å². The second kappa shape index (κ2) is 10.4. The van der Waals surface area contributed by atoms with E-state index in [1.54, 1.807) is 11.8 Å². The molecule has 0 aliphatic carbocycles. The molecule has 0 aliphatic rings. The van der Waals surface area contributed by atoms with Gasteiger partial charge in [-0.3, -0.25) is 9.59 Å². The molecule has 1 amide bonds. The van der Waals surface area contributed by atoms with Gasteiger partial charge in [-0.05, 0) is 24.9 Å². The topological polar surface area (TPSA) is 117 Å². The van der Waals surface area contributed by atoms with Crippen LogP contribution in [0.25, 0.3) is 0 Å². The van der Waals surface area contributed by atoms with E-state index in [4.69, 9.17) is 15.3 Å². The standard InChI is InChI=1S/C12H20N2O5S/c1-19-10(5-6-20-2)11(16)14-9(12(17)18)4-3-8(15)7-13/h7,9-10,13H,3-6H2,1-2H3,(H,14,16)(H,17,18)/t9-,10-/m0/s1. The molecule has 3 N–H and O–H groups in total. The number of nitrogens with one attached hydrogen (secondary N) is 2. The maximum Gasteiger partial charge on any atom is 0.326 e. The van der Waals surface area contributed by atoms with E-state index < -0.39 is 29.8 Å². The number of methoxy groups -OCH3 is 1. The van der Waals surface area contributed by atoms with Crippen LogP contribution in [0.1, 0.15) is 19.3 Å². The highest BCUT2D eigenvalue weighted by atomic mass is 32.2. The maximum atomic E-state index is 11.9. The summed E-state index contributed by atoms with van der Waals surface area (Å²) in [5.74, 6) is -1.47. The van der Waals surface area contributed by atoms with Crippen molar-refractivity contribution < 1.29 is 24.2 Å². The molecular formula is C12H20N2O5S. The van der Waals surface area contributed by atoms with Crippen molar-refractivity contribution in [2.75, 3.05) is 19.1 Å². The minimum atomic E-state index is -1.21. The summed E-state index contributed by atoms with van der Waals surface area (Å²) >= 11 is 1.56. The molecule has 0 heterocycles. The Morgan fingerprint density at radius 1 is 1.40 bits per heavy atom. The monoisotopic (exact) mass is 304 g/mol. The molecule has 0 saturated carbocycles. The van der Waals surface area contributed by atoms with Crippen LogP contribution in [0.2, 0.25) is 0 Å². The summed E-state index contributed by atoms with van der Waals surface area (Å²) in [6.07, 6.45) is 2.17. The Kier molecular flexibility index (Phi) is 9.65. The predicted molar refractivity (Wildman–Crippen MR) is 76.4 cm³/mol. The van der Waals surface area contributed by atoms with Crippen molar-refractivity contribution in [3.8, 4) is 0 Å². The van der Waals surface area contributed by atoms with Gasteiger partial charge in [0.15, 0.2) is 5.78 Å². The number of thioether (sulfide) groups is 1. The fraction of sp³-hybridized carbons (Fsp3) is 0.667. The van der Waals surface area contributed by atoms with Gasteiger partial charge in [0.2, 0.25) is 5.91 Å². The fourth-order valence-electron chi connectivity index (χ4n) is 1.46. The molecule has 0 aromatic carbocycles. The van der Waals surface area contributed by atoms with Crippen LogP contribution in [0.4, 0.5) is 0 Å². The minimum absolute atomic E-state index is 0.0474. The number of amides is 1. The molecule has 0 aromatic rings. The van der Waals surface area contributed by atoms with Gasteiger partial charge in [0.25, 0.3) is 0 Å². The van der Waals surface area contributed by atoms with Crippen molar-refractivity contribution in [1.82, 2.24) is 5.32 Å². The first-order chi connectivity index (χ1) is 9.46. The quantitative estimate of drug-likeness (QED) is 0.473. The fourth-order valence-corrected chi connectivity index (χ4v) is 1.91. The number of hydrogen-bond acceptors (Lipinski definition) is 6. The highest BCUT2D eigenvalue weighted by Crippen LogP contribution is 2.06. The van der Waals surface area contributed by atoms with E-state index in [1.165, 1.54) is 7.11 Å². The minimum Gasteiger partial charge on any atom is -0.480 e. The van der Waals surface area contributed by atoms with Crippen LogP contribution >= 0.6 is 11.8 Å². The highest BCUT2D eigenvalue weighted by molar-refractivity contribution is 7.98. The van der Waals surface area contributed by atoms with E-state index >= 15 is 0 Å². The molecule has 0 saturated heterocycles.